The lowest BCUT2D eigenvalue weighted by Gasteiger charge is -2.08. The van der Waals surface area contributed by atoms with Gasteiger partial charge in [0.05, 0.1) is 5.75 Å². The standard InChI is InChI=1S/C13H12ClN3O2S/c1-8-3-2-4-9(5-8)15-11-6-10(14)16-13(17-11)20-7-12(18)19/h2-6H,7H2,1H3,(H,18,19)(H,15,16,17). The Hall–Kier alpha value is -1.79. The molecule has 0 aliphatic carbocycles. The Morgan fingerprint density at radius 3 is 2.90 bits per heavy atom. The van der Waals surface area contributed by atoms with Crippen molar-refractivity contribution in [2.45, 2.75) is 12.1 Å². The summed E-state index contributed by atoms with van der Waals surface area (Å²) in [6.45, 7) is 1.99. The molecule has 20 heavy (non-hydrogen) atoms. The van der Waals surface area contributed by atoms with Gasteiger partial charge < -0.3 is 10.4 Å². The number of hydrogen-bond acceptors (Lipinski definition) is 5. The lowest BCUT2D eigenvalue weighted by atomic mass is 10.2. The maximum Gasteiger partial charge on any atom is 0.313 e. The number of halogens is 1. The Balaban J connectivity index is 2.17. The second-order valence-corrected chi connectivity index (χ2v) is 5.37. The van der Waals surface area contributed by atoms with E-state index in [4.69, 9.17) is 16.7 Å². The topological polar surface area (TPSA) is 75.1 Å². The largest absolute Gasteiger partial charge is 0.481 e. The van der Waals surface area contributed by atoms with Gasteiger partial charge in [-0.15, -0.1) is 0 Å². The van der Waals surface area contributed by atoms with E-state index in [1.807, 2.05) is 31.2 Å². The summed E-state index contributed by atoms with van der Waals surface area (Å²) >= 11 is 6.94. The minimum atomic E-state index is -0.924. The second-order valence-electron chi connectivity index (χ2n) is 4.04. The van der Waals surface area contributed by atoms with Crippen molar-refractivity contribution in [2.75, 3.05) is 11.1 Å². The monoisotopic (exact) mass is 309 g/mol. The number of anilines is 2. The minimum Gasteiger partial charge on any atom is -0.481 e. The zero-order valence-corrected chi connectivity index (χ0v) is 12.2. The van der Waals surface area contributed by atoms with Crippen LogP contribution in [0.2, 0.25) is 5.15 Å². The number of rotatable bonds is 5. The van der Waals surface area contributed by atoms with Gasteiger partial charge in [-0.25, -0.2) is 9.97 Å². The Morgan fingerprint density at radius 2 is 2.20 bits per heavy atom. The summed E-state index contributed by atoms with van der Waals surface area (Å²) in [5.74, 6) is -0.500. The van der Waals surface area contributed by atoms with E-state index in [2.05, 4.69) is 15.3 Å². The van der Waals surface area contributed by atoms with Crippen molar-refractivity contribution in [1.82, 2.24) is 9.97 Å². The van der Waals surface area contributed by atoms with Crippen LogP contribution in [0.25, 0.3) is 0 Å². The highest BCUT2D eigenvalue weighted by Crippen LogP contribution is 2.22. The molecule has 1 aromatic heterocycles. The van der Waals surface area contributed by atoms with E-state index in [1.165, 1.54) is 0 Å². The molecule has 2 rings (SSSR count). The van der Waals surface area contributed by atoms with E-state index in [1.54, 1.807) is 6.07 Å². The highest BCUT2D eigenvalue weighted by Gasteiger charge is 2.07. The van der Waals surface area contributed by atoms with Gasteiger partial charge in [0.2, 0.25) is 0 Å². The molecule has 7 heteroatoms. The number of carboxylic acid groups (broad SMARTS) is 1. The quantitative estimate of drug-likeness (QED) is 0.501. The van der Waals surface area contributed by atoms with Crippen molar-refractivity contribution in [2.24, 2.45) is 0 Å². The van der Waals surface area contributed by atoms with Crippen LogP contribution in [0.3, 0.4) is 0 Å². The maximum atomic E-state index is 10.5. The molecule has 0 spiro atoms. The van der Waals surface area contributed by atoms with E-state index in [9.17, 15) is 4.79 Å². The van der Waals surface area contributed by atoms with Crippen molar-refractivity contribution in [3.63, 3.8) is 0 Å². The van der Waals surface area contributed by atoms with Crippen LogP contribution in [-0.2, 0) is 4.79 Å². The first kappa shape index (κ1) is 14.6. The molecule has 104 valence electrons. The van der Waals surface area contributed by atoms with Gasteiger partial charge in [-0.3, -0.25) is 4.79 Å². The number of aryl methyl sites for hydroxylation is 1. The van der Waals surface area contributed by atoms with Crippen LogP contribution in [0.1, 0.15) is 5.56 Å². The van der Waals surface area contributed by atoms with E-state index >= 15 is 0 Å². The predicted molar refractivity (Wildman–Crippen MR) is 79.9 cm³/mol. The van der Waals surface area contributed by atoms with Crippen molar-refractivity contribution < 1.29 is 9.90 Å². The molecule has 2 N–H and O–H groups in total. The lowest BCUT2D eigenvalue weighted by molar-refractivity contribution is -0.133. The van der Waals surface area contributed by atoms with E-state index in [-0.39, 0.29) is 10.9 Å². The summed E-state index contributed by atoms with van der Waals surface area (Å²) < 4.78 is 0. The molecule has 0 fully saturated rings. The highest BCUT2D eigenvalue weighted by molar-refractivity contribution is 7.99. The van der Waals surface area contributed by atoms with Gasteiger partial charge in [0.1, 0.15) is 11.0 Å². The summed E-state index contributed by atoms with van der Waals surface area (Å²) in [6, 6.07) is 9.40. The molecule has 0 aliphatic rings. The molecule has 0 radical (unpaired) electrons. The van der Waals surface area contributed by atoms with Crippen LogP contribution in [0.4, 0.5) is 11.5 Å². The van der Waals surface area contributed by atoms with Crippen LogP contribution in [0, 0.1) is 6.92 Å². The Morgan fingerprint density at radius 1 is 1.40 bits per heavy atom. The first-order chi connectivity index (χ1) is 9.52. The fourth-order valence-corrected chi connectivity index (χ4v) is 2.33. The molecule has 2 aromatic rings. The fraction of sp³-hybridized carbons (Fsp3) is 0.154. The number of aliphatic carboxylic acids is 1. The second kappa shape index (κ2) is 6.58. The number of carboxylic acids is 1. The minimum absolute atomic E-state index is 0.107. The molecule has 1 aromatic carbocycles. The van der Waals surface area contributed by atoms with Gasteiger partial charge in [0, 0.05) is 11.8 Å². The first-order valence-corrected chi connectivity index (χ1v) is 7.12. The van der Waals surface area contributed by atoms with Gasteiger partial charge in [0.25, 0.3) is 0 Å². The average molecular weight is 310 g/mol. The molecule has 5 nitrogen and oxygen atoms in total. The lowest BCUT2D eigenvalue weighted by Crippen LogP contribution is -2.01. The van der Waals surface area contributed by atoms with Crippen LogP contribution in [0.15, 0.2) is 35.5 Å². The van der Waals surface area contributed by atoms with E-state index in [0.717, 1.165) is 23.0 Å². The van der Waals surface area contributed by atoms with Gasteiger partial charge in [-0.05, 0) is 24.6 Å². The van der Waals surface area contributed by atoms with E-state index < -0.39 is 5.97 Å². The third-order valence-electron chi connectivity index (χ3n) is 2.29. The number of thioether (sulfide) groups is 1. The van der Waals surface area contributed by atoms with Gasteiger partial charge in [-0.1, -0.05) is 35.5 Å². The summed E-state index contributed by atoms with van der Waals surface area (Å²) in [4.78, 5) is 18.7. The Labute approximate surface area is 125 Å². The number of aromatic nitrogens is 2. The molecule has 1 heterocycles. The van der Waals surface area contributed by atoms with Crippen molar-refractivity contribution >= 4 is 40.8 Å². The normalized spacial score (nSPS) is 10.3. The highest BCUT2D eigenvalue weighted by atomic mass is 35.5. The van der Waals surface area contributed by atoms with Crippen molar-refractivity contribution in [3.05, 3.63) is 41.0 Å². The van der Waals surface area contributed by atoms with Gasteiger partial charge in [-0.2, -0.15) is 0 Å². The Bertz CT molecular complexity index is 637. The fourth-order valence-electron chi connectivity index (χ4n) is 1.52. The van der Waals surface area contributed by atoms with Crippen LogP contribution < -0.4 is 5.32 Å². The zero-order chi connectivity index (χ0) is 14.5. The molecule has 0 aliphatic heterocycles. The molecular weight excluding hydrogens is 298 g/mol. The van der Waals surface area contributed by atoms with Crippen LogP contribution in [-0.4, -0.2) is 26.8 Å². The number of nitrogens with zero attached hydrogens (tertiary/aromatic N) is 2. The summed E-state index contributed by atoms with van der Waals surface area (Å²) in [5.41, 5.74) is 2.00. The van der Waals surface area contributed by atoms with Crippen LogP contribution >= 0.6 is 23.4 Å². The van der Waals surface area contributed by atoms with Gasteiger partial charge in [0.15, 0.2) is 5.16 Å². The average Bonchev–Trinajstić information content (AvgIpc) is 2.35. The smallest absolute Gasteiger partial charge is 0.313 e. The molecule has 0 unspecified atom stereocenters. The number of hydrogen-bond donors (Lipinski definition) is 2. The SMILES string of the molecule is Cc1cccc(Nc2cc(Cl)nc(SCC(=O)O)n2)c1. The molecule has 0 saturated heterocycles. The molecule has 0 amide bonds. The third kappa shape index (κ3) is 4.40. The summed E-state index contributed by atoms with van der Waals surface area (Å²) in [5, 5.41) is 12.4. The number of nitrogens with one attached hydrogen (secondary N) is 1. The van der Waals surface area contributed by atoms with E-state index in [0.29, 0.717) is 11.0 Å². The third-order valence-corrected chi connectivity index (χ3v) is 3.32. The molecule has 0 saturated carbocycles. The predicted octanol–water partition coefficient (Wildman–Crippen LogP) is 3.36. The Kier molecular flexibility index (Phi) is 4.81. The van der Waals surface area contributed by atoms with Crippen LogP contribution in [0.5, 0.6) is 0 Å². The summed E-state index contributed by atoms with van der Waals surface area (Å²) in [6.07, 6.45) is 0. The molecule has 0 bridgehead atoms. The number of benzene rings is 1. The van der Waals surface area contributed by atoms with Crippen molar-refractivity contribution in [3.8, 4) is 0 Å². The summed E-state index contributed by atoms with van der Waals surface area (Å²) in [7, 11) is 0. The molecular formula is C13H12ClN3O2S. The zero-order valence-electron chi connectivity index (χ0n) is 10.6. The van der Waals surface area contributed by atoms with Crippen molar-refractivity contribution in [1.29, 1.82) is 0 Å². The van der Waals surface area contributed by atoms with Gasteiger partial charge >= 0.3 is 5.97 Å². The molecule has 0 atom stereocenters. The first-order valence-electron chi connectivity index (χ1n) is 5.76. The maximum absolute atomic E-state index is 10.5. The number of carbonyl (C=O) groups is 1.